The predicted molar refractivity (Wildman–Crippen MR) is 85.8 cm³/mol. The molecule has 1 aromatic carbocycles. The lowest BCUT2D eigenvalue weighted by Crippen LogP contribution is -2.68. The summed E-state index contributed by atoms with van der Waals surface area (Å²) in [6.45, 7) is 5.14. The van der Waals surface area contributed by atoms with Crippen molar-refractivity contribution in [3.05, 3.63) is 29.8 Å². The van der Waals surface area contributed by atoms with Crippen molar-refractivity contribution < 1.29 is 28.1 Å². The van der Waals surface area contributed by atoms with Crippen molar-refractivity contribution in [2.45, 2.75) is 55.8 Å². The third kappa shape index (κ3) is 3.10. The van der Waals surface area contributed by atoms with Gasteiger partial charge in [-0.15, -0.1) is 0 Å². The topological polar surface area (TPSA) is 96.3 Å². The maximum Gasteiger partial charge on any atom is 0.243 e. The number of nitrogens with zero attached hydrogens (tertiary/aromatic N) is 1. The summed E-state index contributed by atoms with van der Waals surface area (Å²) in [4.78, 5) is 0.139. The van der Waals surface area contributed by atoms with Crippen molar-refractivity contribution in [2.75, 3.05) is 13.2 Å². The van der Waals surface area contributed by atoms with Gasteiger partial charge in [0.05, 0.1) is 23.6 Å². The Labute approximate surface area is 141 Å². The summed E-state index contributed by atoms with van der Waals surface area (Å²) in [5.74, 6) is -0.946. The summed E-state index contributed by atoms with van der Waals surface area (Å²) in [5, 5.41) is 20.4. The van der Waals surface area contributed by atoms with Crippen LogP contribution in [-0.4, -0.2) is 66.2 Å². The molecule has 0 bridgehead atoms. The maximum absolute atomic E-state index is 13.0. The lowest BCUT2D eigenvalue weighted by Gasteiger charge is -2.50. The molecule has 2 saturated heterocycles. The minimum absolute atomic E-state index is 0.0898. The van der Waals surface area contributed by atoms with E-state index in [1.54, 1.807) is 26.0 Å². The van der Waals surface area contributed by atoms with E-state index in [9.17, 15) is 18.6 Å². The first-order valence-electron chi connectivity index (χ1n) is 7.88. The first-order chi connectivity index (χ1) is 11.1. The van der Waals surface area contributed by atoms with Crippen LogP contribution in [0.2, 0.25) is 0 Å². The Bertz CT molecular complexity index is 702. The van der Waals surface area contributed by atoms with Crippen molar-refractivity contribution >= 4 is 10.0 Å². The molecule has 2 aliphatic heterocycles. The molecule has 2 fully saturated rings. The van der Waals surface area contributed by atoms with Crippen LogP contribution in [0.3, 0.4) is 0 Å². The van der Waals surface area contributed by atoms with E-state index in [-0.39, 0.29) is 18.0 Å². The first-order valence-corrected chi connectivity index (χ1v) is 9.32. The second kappa shape index (κ2) is 6.05. The highest BCUT2D eigenvalue weighted by Gasteiger charge is 2.52. The van der Waals surface area contributed by atoms with E-state index in [4.69, 9.17) is 9.47 Å². The lowest BCUT2D eigenvalue weighted by molar-refractivity contribution is -0.319. The van der Waals surface area contributed by atoms with Crippen molar-refractivity contribution in [3.63, 3.8) is 0 Å². The number of aryl methyl sites for hydroxylation is 1. The molecule has 0 spiro atoms. The molecule has 4 atom stereocenters. The molecule has 0 radical (unpaired) electrons. The Morgan fingerprint density at radius 1 is 1.21 bits per heavy atom. The van der Waals surface area contributed by atoms with Crippen molar-refractivity contribution in [2.24, 2.45) is 0 Å². The Morgan fingerprint density at radius 2 is 1.83 bits per heavy atom. The van der Waals surface area contributed by atoms with Crippen LogP contribution in [0.25, 0.3) is 0 Å². The fourth-order valence-corrected chi connectivity index (χ4v) is 4.77. The lowest BCUT2D eigenvalue weighted by atomic mass is 9.95. The zero-order valence-electron chi connectivity index (χ0n) is 13.9. The summed E-state index contributed by atoms with van der Waals surface area (Å²) in [5.41, 5.74) is 0.951. The van der Waals surface area contributed by atoms with Gasteiger partial charge in [-0.3, -0.25) is 0 Å². The Kier molecular flexibility index (Phi) is 4.48. The minimum Gasteiger partial charge on any atom is -0.389 e. The molecule has 0 aromatic heterocycles. The molecule has 1 aromatic rings. The fraction of sp³-hybridized carbons (Fsp3) is 0.625. The van der Waals surface area contributed by atoms with Crippen LogP contribution in [0, 0.1) is 6.92 Å². The van der Waals surface area contributed by atoms with Gasteiger partial charge < -0.3 is 19.7 Å². The molecule has 24 heavy (non-hydrogen) atoms. The Hall–Kier alpha value is -1.03. The molecule has 2 heterocycles. The number of rotatable bonds is 2. The molecule has 0 amide bonds. The number of aliphatic hydroxyl groups excluding tert-OH is 2. The number of hydrogen-bond donors (Lipinski definition) is 2. The van der Waals surface area contributed by atoms with E-state index >= 15 is 0 Å². The van der Waals surface area contributed by atoms with Gasteiger partial charge in [-0.1, -0.05) is 17.7 Å². The normalized spacial score (nSPS) is 33.9. The molecule has 7 nitrogen and oxygen atoms in total. The highest BCUT2D eigenvalue weighted by molar-refractivity contribution is 7.89. The quantitative estimate of drug-likeness (QED) is 0.787. The summed E-state index contributed by atoms with van der Waals surface area (Å²) < 4.78 is 38.4. The van der Waals surface area contributed by atoms with Gasteiger partial charge in [0.1, 0.15) is 12.2 Å². The molecular formula is C16H23NO6S. The van der Waals surface area contributed by atoms with Crippen LogP contribution in [0.15, 0.2) is 29.2 Å². The zero-order valence-corrected chi connectivity index (χ0v) is 14.7. The fourth-order valence-electron chi connectivity index (χ4n) is 3.13. The van der Waals surface area contributed by atoms with E-state index in [1.165, 1.54) is 16.4 Å². The molecule has 3 rings (SSSR count). The number of ether oxygens (including phenoxy) is 2. The van der Waals surface area contributed by atoms with E-state index in [0.29, 0.717) is 0 Å². The Balaban J connectivity index is 1.96. The molecular weight excluding hydrogens is 334 g/mol. The molecule has 134 valence electrons. The summed E-state index contributed by atoms with van der Waals surface area (Å²) >= 11 is 0. The van der Waals surface area contributed by atoms with Gasteiger partial charge in [0.15, 0.2) is 5.79 Å². The van der Waals surface area contributed by atoms with Gasteiger partial charge in [0.25, 0.3) is 0 Å². The second-order valence-electron chi connectivity index (χ2n) is 6.81. The number of fused-ring (bicyclic) bond motifs is 1. The first kappa shape index (κ1) is 17.8. The van der Waals surface area contributed by atoms with Gasteiger partial charge in [-0.2, -0.15) is 4.31 Å². The highest BCUT2D eigenvalue weighted by atomic mass is 32.2. The number of aliphatic hydroxyl groups is 2. The smallest absolute Gasteiger partial charge is 0.243 e. The molecule has 2 N–H and O–H groups in total. The zero-order chi connectivity index (χ0) is 17.7. The van der Waals surface area contributed by atoms with Crippen molar-refractivity contribution in [3.8, 4) is 0 Å². The summed E-state index contributed by atoms with van der Waals surface area (Å²) in [7, 11) is -3.84. The highest BCUT2D eigenvalue weighted by Crippen LogP contribution is 2.34. The van der Waals surface area contributed by atoms with Gasteiger partial charge >= 0.3 is 0 Å². The third-order valence-corrected chi connectivity index (χ3v) is 6.40. The van der Waals surface area contributed by atoms with Gasteiger partial charge in [-0.05, 0) is 32.9 Å². The van der Waals surface area contributed by atoms with Crippen LogP contribution in [0.1, 0.15) is 19.4 Å². The minimum atomic E-state index is -3.84. The van der Waals surface area contributed by atoms with E-state index < -0.39 is 40.2 Å². The number of sulfonamides is 1. The number of β-amino-alcohol motifs (C(OH)–C–C–N with tert-alkyl or cyclic N) is 1. The summed E-state index contributed by atoms with van der Waals surface area (Å²) in [6.07, 6.45) is -3.24. The van der Waals surface area contributed by atoms with Crippen LogP contribution in [0.5, 0.6) is 0 Å². The van der Waals surface area contributed by atoms with Gasteiger partial charge in [0, 0.05) is 6.54 Å². The van der Waals surface area contributed by atoms with Gasteiger partial charge in [-0.25, -0.2) is 8.42 Å². The number of piperidine rings is 1. The van der Waals surface area contributed by atoms with Gasteiger partial charge in [0.2, 0.25) is 10.0 Å². The predicted octanol–water partition coefficient (Wildman–Crippen LogP) is 0.241. The van der Waals surface area contributed by atoms with Crippen molar-refractivity contribution in [1.29, 1.82) is 0 Å². The van der Waals surface area contributed by atoms with Crippen LogP contribution in [-0.2, 0) is 19.5 Å². The van der Waals surface area contributed by atoms with Crippen molar-refractivity contribution in [1.82, 2.24) is 4.31 Å². The Morgan fingerprint density at radius 3 is 2.46 bits per heavy atom. The number of hydrogen-bond acceptors (Lipinski definition) is 6. The maximum atomic E-state index is 13.0. The standard InChI is InChI=1S/C16H23NO6S/c1-10-4-6-11(7-5-10)24(20,21)17-8-13(18)14(19)15-12(17)9-22-16(2,3)23-15/h4-7,12-15,18-19H,8-9H2,1-3H3/t12-,13+,14+,15+/m0/s1. The molecule has 8 heteroatoms. The second-order valence-corrected chi connectivity index (χ2v) is 8.70. The molecule has 0 saturated carbocycles. The van der Waals surface area contributed by atoms with Crippen LogP contribution < -0.4 is 0 Å². The van der Waals surface area contributed by atoms with E-state index in [1.807, 2.05) is 6.92 Å². The largest absolute Gasteiger partial charge is 0.389 e. The average Bonchev–Trinajstić information content (AvgIpc) is 2.50. The monoisotopic (exact) mass is 357 g/mol. The van der Waals surface area contributed by atoms with E-state index in [2.05, 4.69) is 0 Å². The molecule has 0 aliphatic carbocycles. The summed E-state index contributed by atoms with van der Waals surface area (Å²) in [6, 6.07) is 5.81. The SMILES string of the molecule is Cc1ccc(S(=O)(=O)N2C[C@@H](O)[C@@H](O)[C@@H]3OC(C)(C)OC[C@@H]32)cc1. The average molecular weight is 357 g/mol. The van der Waals surface area contributed by atoms with E-state index in [0.717, 1.165) is 5.56 Å². The number of benzene rings is 1. The van der Waals surface area contributed by atoms with Crippen LogP contribution >= 0.6 is 0 Å². The third-order valence-electron chi connectivity index (χ3n) is 4.50. The molecule has 0 unspecified atom stereocenters. The molecule has 2 aliphatic rings. The van der Waals surface area contributed by atoms with Crippen LogP contribution in [0.4, 0.5) is 0 Å².